The maximum atomic E-state index is 13.6. The molecule has 0 unspecified atom stereocenters. The van der Waals surface area contributed by atoms with E-state index in [4.69, 9.17) is 9.57 Å². The van der Waals surface area contributed by atoms with Gasteiger partial charge < -0.3 is 14.7 Å². The number of Topliss-reactive ketones (excluding diaryl/α,β-unsaturated/α-hetero) is 1. The van der Waals surface area contributed by atoms with Gasteiger partial charge in [0.15, 0.2) is 0 Å². The van der Waals surface area contributed by atoms with Gasteiger partial charge in [-0.2, -0.15) is 0 Å². The van der Waals surface area contributed by atoms with E-state index in [1.54, 1.807) is 0 Å². The van der Waals surface area contributed by atoms with Crippen LogP contribution in [-0.2, 0) is 19.2 Å². The van der Waals surface area contributed by atoms with E-state index in [1.807, 2.05) is 0 Å². The molecule has 0 spiro atoms. The van der Waals surface area contributed by atoms with Crippen LogP contribution in [0.1, 0.15) is 76.8 Å². The number of benzene rings is 1. The monoisotopic (exact) mass is 505 g/mol. The Balaban J connectivity index is 1.35. The zero-order chi connectivity index (χ0) is 26.2. The highest BCUT2D eigenvalue weighted by molar-refractivity contribution is 6.08. The standard InChI is InChI=1S/C31H39NO5/c1-18-5-7-20(8-6-18)28-26-16-25-23-10-9-21-15-22(36-19(2)34)11-13-29(21,3)24(23)12-14-30(25,4)31(26,37-32-28)27(35)17-33/h5-9,22-26,33H,10-17H2,1-4H3/t22-,23+,24-,25-,26-,29-,30-,31-/m0/s1. The van der Waals surface area contributed by atoms with E-state index in [1.165, 1.54) is 18.1 Å². The number of rotatable bonds is 4. The van der Waals surface area contributed by atoms with Crippen LogP contribution in [0.3, 0.4) is 0 Å². The van der Waals surface area contributed by atoms with Crippen LogP contribution < -0.4 is 0 Å². The number of esters is 1. The number of fused-ring (bicyclic) bond motifs is 7. The summed E-state index contributed by atoms with van der Waals surface area (Å²) in [5.74, 6) is 0.717. The number of aliphatic hydroxyl groups is 1. The Morgan fingerprint density at radius 2 is 1.89 bits per heavy atom. The van der Waals surface area contributed by atoms with Crippen molar-refractivity contribution in [1.29, 1.82) is 0 Å². The molecule has 6 heteroatoms. The van der Waals surface area contributed by atoms with Crippen LogP contribution in [0.15, 0.2) is 41.1 Å². The zero-order valence-corrected chi connectivity index (χ0v) is 22.5. The van der Waals surface area contributed by atoms with Crippen molar-refractivity contribution in [1.82, 2.24) is 0 Å². The number of ketones is 1. The molecule has 0 amide bonds. The minimum absolute atomic E-state index is 0.0137. The van der Waals surface area contributed by atoms with Gasteiger partial charge in [-0.1, -0.05) is 60.5 Å². The van der Waals surface area contributed by atoms with Crippen LogP contribution in [0.2, 0.25) is 0 Å². The molecule has 1 aromatic carbocycles. The van der Waals surface area contributed by atoms with Gasteiger partial charge in [-0.25, -0.2) is 0 Å². The van der Waals surface area contributed by atoms with Gasteiger partial charge in [0.2, 0.25) is 11.4 Å². The number of hydrogen-bond donors (Lipinski definition) is 1. The van der Waals surface area contributed by atoms with Crippen LogP contribution in [0, 0.1) is 41.4 Å². The SMILES string of the molecule is CC(=O)O[C@H]1CC[C@@]2(C)C(=CC[C@@H]3[C@@H]2CC[C@@]2(C)[C@H]3C[C@H]3C(c4ccc(C)cc4)=NO[C@]32C(=O)CO)C1. The van der Waals surface area contributed by atoms with Gasteiger partial charge >= 0.3 is 5.97 Å². The van der Waals surface area contributed by atoms with Crippen LogP contribution in [0.4, 0.5) is 0 Å². The lowest BCUT2D eigenvalue weighted by Crippen LogP contribution is -2.60. The lowest BCUT2D eigenvalue weighted by Gasteiger charge is -2.58. The van der Waals surface area contributed by atoms with Crippen LogP contribution in [0.5, 0.6) is 0 Å². The normalized spacial score (nSPS) is 41.8. The fourth-order valence-electron chi connectivity index (χ4n) is 9.31. The van der Waals surface area contributed by atoms with Crippen molar-refractivity contribution in [3.8, 4) is 0 Å². The van der Waals surface area contributed by atoms with Gasteiger partial charge in [0, 0.05) is 18.8 Å². The molecule has 1 N–H and O–H groups in total. The van der Waals surface area contributed by atoms with E-state index in [0.717, 1.165) is 56.2 Å². The molecule has 0 radical (unpaired) electrons. The second kappa shape index (κ2) is 8.52. The first kappa shape index (κ1) is 24.8. The summed E-state index contributed by atoms with van der Waals surface area (Å²) in [6.07, 6.45) is 8.92. The number of aliphatic hydroxyl groups excluding tert-OH is 1. The number of aryl methyl sites for hydroxylation is 1. The zero-order valence-electron chi connectivity index (χ0n) is 22.5. The fourth-order valence-corrected chi connectivity index (χ4v) is 9.31. The highest BCUT2D eigenvalue weighted by atomic mass is 16.7. The third-order valence-corrected chi connectivity index (χ3v) is 11.1. The quantitative estimate of drug-likeness (QED) is 0.452. The Kier molecular flexibility index (Phi) is 5.72. The van der Waals surface area contributed by atoms with Crippen molar-refractivity contribution in [3.63, 3.8) is 0 Å². The summed E-state index contributed by atoms with van der Waals surface area (Å²) < 4.78 is 5.60. The van der Waals surface area contributed by atoms with E-state index in [9.17, 15) is 14.7 Å². The first-order chi connectivity index (χ1) is 17.6. The molecule has 1 heterocycles. The summed E-state index contributed by atoms with van der Waals surface area (Å²) in [5, 5.41) is 14.7. The van der Waals surface area contributed by atoms with E-state index in [2.05, 4.69) is 56.3 Å². The van der Waals surface area contributed by atoms with Crippen molar-refractivity contribution in [3.05, 3.63) is 47.0 Å². The van der Waals surface area contributed by atoms with Crippen molar-refractivity contribution in [2.24, 2.45) is 39.7 Å². The summed E-state index contributed by atoms with van der Waals surface area (Å²) in [5.41, 5.74) is 3.10. The second-order valence-corrected chi connectivity index (χ2v) is 12.7. The summed E-state index contributed by atoms with van der Waals surface area (Å²) in [6, 6.07) is 8.29. The first-order valence-electron chi connectivity index (χ1n) is 14.0. The van der Waals surface area contributed by atoms with E-state index >= 15 is 0 Å². The van der Waals surface area contributed by atoms with Crippen molar-refractivity contribution in [2.75, 3.05) is 6.61 Å². The number of allylic oxidation sites excluding steroid dienone is 1. The Labute approximate surface area is 219 Å². The first-order valence-corrected chi connectivity index (χ1v) is 14.0. The summed E-state index contributed by atoms with van der Waals surface area (Å²) >= 11 is 0. The summed E-state index contributed by atoms with van der Waals surface area (Å²) in [4.78, 5) is 31.4. The molecule has 3 fully saturated rings. The Bertz CT molecular complexity index is 1190. The van der Waals surface area contributed by atoms with Gasteiger partial charge in [-0.3, -0.25) is 9.59 Å². The second-order valence-electron chi connectivity index (χ2n) is 12.7. The minimum atomic E-state index is -1.10. The predicted molar refractivity (Wildman–Crippen MR) is 140 cm³/mol. The van der Waals surface area contributed by atoms with Gasteiger partial charge in [0.05, 0.1) is 11.6 Å². The lowest BCUT2D eigenvalue weighted by molar-refractivity contribution is -0.178. The number of oxime groups is 1. The molecule has 0 bridgehead atoms. The highest BCUT2D eigenvalue weighted by Crippen LogP contribution is 2.70. The predicted octanol–water partition coefficient (Wildman–Crippen LogP) is 5.15. The van der Waals surface area contributed by atoms with Gasteiger partial charge in [0.25, 0.3) is 0 Å². The molecule has 8 atom stereocenters. The molecule has 6 rings (SSSR count). The van der Waals surface area contributed by atoms with Crippen LogP contribution in [-0.4, -0.2) is 40.9 Å². The number of nitrogens with zero attached hydrogens (tertiary/aromatic N) is 1. The molecule has 4 aliphatic carbocycles. The lowest BCUT2D eigenvalue weighted by atomic mass is 9.46. The van der Waals surface area contributed by atoms with Gasteiger partial charge in [0.1, 0.15) is 12.7 Å². The maximum Gasteiger partial charge on any atom is 0.302 e. The van der Waals surface area contributed by atoms with Crippen LogP contribution >= 0.6 is 0 Å². The minimum Gasteiger partial charge on any atom is -0.462 e. The van der Waals surface area contributed by atoms with E-state index in [0.29, 0.717) is 17.8 Å². The fraction of sp³-hybridized carbons (Fsp3) is 0.645. The molecule has 0 saturated heterocycles. The Morgan fingerprint density at radius 3 is 2.59 bits per heavy atom. The Morgan fingerprint density at radius 1 is 1.14 bits per heavy atom. The Hall–Kier alpha value is -2.47. The molecular weight excluding hydrogens is 466 g/mol. The van der Waals surface area contributed by atoms with Crippen molar-refractivity contribution < 1.29 is 24.3 Å². The molecule has 0 aromatic heterocycles. The number of carbonyl (C=O) groups excluding carboxylic acids is 2. The maximum absolute atomic E-state index is 13.6. The molecule has 3 saturated carbocycles. The van der Waals surface area contributed by atoms with Crippen molar-refractivity contribution in [2.45, 2.75) is 84.3 Å². The van der Waals surface area contributed by atoms with Crippen molar-refractivity contribution >= 4 is 17.5 Å². The summed E-state index contributed by atoms with van der Waals surface area (Å²) in [6.45, 7) is 7.68. The smallest absolute Gasteiger partial charge is 0.302 e. The number of ether oxygens (including phenoxy) is 1. The summed E-state index contributed by atoms with van der Waals surface area (Å²) in [7, 11) is 0. The number of carbonyl (C=O) groups is 2. The molecule has 198 valence electrons. The average molecular weight is 506 g/mol. The molecule has 5 aliphatic rings. The van der Waals surface area contributed by atoms with Crippen LogP contribution in [0.25, 0.3) is 0 Å². The molecule has 1 aliphatic heterocycles. The molecule has 6 nitrogen and oxygen atoms in total. The third kappa shape index (κ3) is 3.36. The van der Waals surface area contributed by atoms with E-state index in [-0.39, 0.29) is 34.6 Å². The largest absolute Gasteiger partial charge is 0.462 e. The van der Waals surface area contributed by atoms with Gasteiger partial charge in [-0.05, 0) is 74.2 Å². The molecular formula is C31H39NO5. The third-order valence-electron chi connectivity index (χ3n) is 11.1. The van der Waals surface area contributed by atoms with Gasteiger partial charge in [-0.15, -0.1) is 0 Å². The topological polar surface area (TPSA) is 85.2 Å². The highest BCUT2D eigenvalue weighted by Gasteiger charge is 2.74. The molecule has 1 aromatic rings. The molecule has 37 heavy (non-hydrogen) atoms. The average Bonchev–Trinajstić information content (AvgIpc) is 3.38. The number of hydrogen-bond acceptors (Lipinski definition) is 6. The van der Waals surface area contributed by atoms with E-state index < -0.39 is 12.2 Å².